The topological polar surface area (TPSA) is 44.8 Å². The number of benzene rings is 2. The predicted octanol–water partition coefficient (Wildman–Crippen LogP) is 3.66. The fraction of sp³-hybridized carbons (Fsp3) is 0.278. The van der Waals surface area contributed by atoms with Crippen molar-refractivity contribution in [1.82, 2.24) is 0 Å². The zero-order chi connectivity index (χ0) is 15.9. The van der Waals surface area contributed by atoms with Gasteiger partial charge >= 0.3 is 5.97 Å². The standard InChI is InChI=1S/C18H18O4/c1-10-14-9-22-18(19)17-11(2)16(21-4)8-6-13(17)12(14)5-7-15(10)20-3/h5-8H,9H2,1-4H3. The molecule has 0 bridgehead atoms. The molecule has 2 aromatic rings. The minimum absolute atomic E-state index is 0.244. The molecule has 0 aromatic heterocycles. The first kappa shape index (κ1) is 14.4. The normalized spacial score (nSPS) is 12.8. The van der Waals surface area contributed by atoms with E-state index < -0.39 is 0 Å². The highest BCUT2D eigenvalue weighted by Crippen LogP contribution is 2.39. The predicted molar refractivity (Wildman–Crippen MR) is 83.6 cm³/mol. The Morgan fingerprint density at radius 3 is 2.14 bits per heavy atom. The quantitative estimate of drug-likeness (QED) is 0.794. The van der Waals surface area contributed by atoms with E-state index in [9.17, 15) is 4.79 Å². The van der Waals surface area contributed by atoms with Gasteiger partial charge in [0.15, 0.2) is 0 Å². The van der Waals surface area contributed by atoms with E-state index in [4.69, 9.17) is 14.2 Å². The molecular formula is C18H18O4. The largest absolute Gasteiger partial charge is 0.496 e. The number of ether oxygens (including phenoxy) is 3. The summed E-state index contributed by atoms with van der Waals surface area (Å²) in [6, 6.07) is 7.70. The number of hydrogen-bond donors (Lipinski definition) is 0. The molecule has 4 nitrogen and oxygen atoms in total. The van der Waals surface area contributed by atoms with Crippen LogP contribution in [-0.4, -0.2) is 20.2 Å². The van der Waals surface area contributed by atoms with E-state index in [1.54, 1.807) is 14.2 Å². The Hall–Kier alpha value is -2.49. The molecule has 0 saturated carbocycles. The lowest BCUT2D eigenvalue weighted by molar-refractivity contribution is 0.0477. The minimum atomic E-state index is -0.319. The third kappa shape index (κ3) is 2.03. The number of cyclic esters (lactones) is 1. The molecule has 0 saturated heterocycles. The van der Waals surface area contributed by atoms with E-state index in [0.29, 0.717) is 11.3 Å². The number of carbonyl (C=O) groups is 1. The summed E-state index contributed by atoms with van der Waals surface area (Å²) >= 11 is 0. The minimum Gasteiger partial charge on any atom is -0.496 e. The summed E-state index contributed by atoms with van der Waals surface area (Å²) in [6.45, 7) is 4.10. The molecule has 0 spiro atoms. The first-order chi connectivity index (χ1) is 10.6. The van der Waals surface area contributed by atoms with Crippen molar-refractivity contribution >= 4 is 5.97 Å². The Balaban J connectivity index is 2.32. The third-order valence-corrected chi connectivity index (χ3v) is 4.25. The zero-order valence-electron chi connectivity index (χ0n) is 13.1. The van der Waals surface area contributed by atoms with Gasteiger partial charge in [-0.05, 0) is 48.7 Å². The molecule has 0 amide bonds. The highest BCUT2D eigenvalue weighted by atomic mass is 16.5. The second-order valence-electron chi connectivity index (χ2n) is 5.31. The maximum atomic E-state index is 12.4. The number of fused-ring (bicyclic) bond motifs is 3. The lowest BCUT2D eigenvalue weighted by Gasteiger charge is -2.15. The van der Waals surface area contributed by atoms with Gasteiger partial charge in [-0.3, -0.25) is 0 Å². The molecule has 1 heterocycles. The van der Waals surface area contributed by atoms with Gasteiger partial charge in [-0.2, -0.15) is 0 Å². The lowest BCUT2D eigenvalue weighted by Crippen LogP contribution is -2.06. The van der Waals surface area contributed by atoms with Crippen LogP contribution in [0.15, 0.2) is 24.3 Å². The molecule has 0 unspecified atom stereocenters. The molecule has 0 atom stereocenters. The molecule has 2 aromatic carbocycles. The van der Waals surface area contributed by atoms with Gasteiger partial charge in [-0.25, -0.2) is 4.79 Å². The van der Waals surface area contributed by atoms with Crippen molar-refractivity contribution in [1.29, 1.82) is 0 Å². The van der Waals surface area contributed by atoms with Crippen molar-refractivity contribution in [2.24, 2.45) is 0 Å². The summed E-state index contributed by atoms with van der Waals surface area (Å²) in [5, 5.41) is 0. The summed E-state index contributed by atoms with van der Waals surface area (Å²) in [4.78, 5) is 12.4. The van der Waals surface area contributed by atoms with Crippen LogP contribution >= 0.6 is 0 Å². The van der Waals surface area contributed by atoms with Crippen LogP contribution in [0.5, 0.6) is 11.5 Å². The number of carbonyl (C=O) groups excluding carboxylic acids is 1. The molecule has 0 radical (unpaired) electrons. The Morgan fingerprint density at radius 2 is 1.50 bits per heavy atom. The second-order valence-corrected chi connectivity index (χ2v) is 5.31. The number of hydrogen-bond acceptors (Lipinski definition) is 4. The van der Waals surface area contributed by atoms with E-state index in [-0.39, 0.29) is 12.6 Å². The molecule has 0 fully saturated rings. The van der Waals surface area contributed by atoms with Crippen LogP contribution in [0.3, 0.4) is 0 Å². The van der Waals surface area contributed by atoms with E-state index in [0.717, 1.165) is 33.6 Å². The molecule has 1 aliphatic heterocycles. The average molecular weight is 298 g/mol. The van der Waals surface area contributed by atoms with Crippen LogP contribution in [0, 0.1) is 13.8 Å². The average Bonchev–Trinajstić information content (AvgIpc) is 2.66. The molecule has 1 aliphatic rings. The molecule has 4 heteroatoms. The van der Waals surface area contributed by atoms with Crippen molar-refractivity contribution in [2.45, 2.75) is 20.5 Å². The summed E-state index contributed by atoms with van der Waals surface area (Å²) in [6.07, 6.45) is 0. The number of methoxy groups -OCH3 is 2. The highest BCUT2D eigenvalue weighted by molar-refractivity contribution is 6.01. The first-order valence-electron chi connectivity index (χ1n) is 7.10. The van der Waals surface area contributed by atoms with Crippen LogP contribution in [0.2, 0.25) is 0 Å². The second kappa shape index (κ2) is 5.37. The molecule has 0 N–H and O–H groups in total. The van der Waals surface area contributed by atoms with E-state index in [1.165, 1.54) is 0 Å². The van der Waals surface area contributed by atoms with Crippen LogP contribution in [0.1, 0.15) is 27.0 Å². The van der Waals surface area contributed by atoms with Crippen LogP contribution < -0.4 is 9.47 Å². The molecule has 0 aliphatic carbocycles. The summed E-state index contributed by atoms with van der Waals surface area (Å²) in [5.41, 5.74) is 5.23. The highest BCUT2D eigenvalue weighted by Gasteiger charge is 2.26. The van der Waals surface area contributed by atoms with E-state index in [1.807, 2.05) is 38.1 Å². The van der Waals surface area contributed by atoms with Crippen molar-refractivity contribution in [3.63, 3.8) is 0 Å². The molecular weight excluding hydrogens is 280 g/mol. The first-order valence-corrected chi connectivity index (χ1v) is 7.10. The van der Waals surface area contributed by atoms with E-state index >= 15 is 0 Å². The number of esters is 1. The summed E-state index contributed by atoms with van der Waals surface area (Å²) in [7, 11) is 3.24. The zero-order valence-corrected chi connectivity index (χ0v) is 13.1. The van der Waals surface area contributed by atoms with Crippen molar-refractivity contribution < 1.29 is 19.0 Å². The van der Waals surface area contributed by atoms with Gasteiger partial charge in [0, 0.05) is 11.1 Å². The number of rotatable bonds is 2. The van der Waals surface area contributed by atoms with Gasteiger partial charge in [-0.1, -0.05) is 6.07 Å². The van der Waals surface area contributed by atoms with Crippen LogP contribution in [0.4, 0.5) is 0 Å². The Morgan fingerprint density at radius 1 is 0.909 bits per heavy atom. The lowest BCUT2D eigenvalue weighted by atomic mass is 9.91. The van der Waals surface area contributed by atoms with Crippen molar-refractivity contribution in [2.75, 3.05) is 14.2 Å². The monoisotopic (exact) mass is 298 g/mol. The maximum Gasteiger partial charge on any atom is 0.339 e. The third-order valence-electron chi connectivity index (χ3n) is 4.25. The Labute approximate surface area is 129 Å². The van der Waals surface area contributed by atoms with E-state index in [2.05, 4.69) is 0 Å². The Kier molecular flexibility index (Phi) is 3.53. The van der Waals surface area contributed by atoms with Gasteiger partial charge in [0.2, 0.25) is 0 Å². The summed E-state index contributed by atoms with van der Waals surface area (Å²) < 4.78 is 16.2. The van der Waals surface area contributed by atoms with Gasteiger partial charge in [-0.15, -0.1) is 0 Å². The SMILES string of the molecule is COc1ccc2c(c1C)COC(=O)c1c-2ccc(OC)c1C. The van der Waals surface area contributed by atoms with Gasteiger partial charge < -0.3 is 14.2 Å². The van der Waals surface area contributed by atoms with Crippen LogP contribution in [0.25, 0.3) is 11.1 Å². The maximum absolute atomic E-state index is 12.4. The molecule has 22 heavy (non-hydrogen) atoms. The molecule has 114 valence electrons. The fourth-order valence-corrected chi connectivity index (χ4v) is 3.01. The van der Waals surface area contributed by atoms with Crippen molar-refractivity contribution in [3.8, 4) is 22.6 Å². The summed E-state index contributed by atoms with van der Waals surface area (Å²) in [5.74, 6) is 1.16. The van der Waals surface area contributed by atoms with Gasteiger partial charge in [0.05, 0.1) is 19.8 Å². The van der Waals surface area contributed by atoms with Gasteiger partial charge in [0.25, 0.3) is 0 Å². The smallest absolute Gasteiger partial charge is 0.339 e. The molecule has 3 rings (SSSR count). The van der Waals surface area contributed by atoms with Crippen molar-refractivity contribution in [3.05, 3.63) is 46.5 Å². The Bertz CT molecular complexity index is 762. The van der Waals surface area contributed by atoms with Crippen LogP contribution in [-0.2, 0) is 11.3 Å². The van der Waals surface area contributed by atoms with Gasteiger partial charge in [0.1, 0.15) is 18.1 Å². The fourth-order valence-electron chi connectivity index (χ4n) is 3.01.